The van der Waals surface area contributed by atoms with Crippen LogP contribution in [0.1, 0.15) is 44.7 Å². The van der Waals surface area contributed by atoms with Gasteiger partial charge in [0.1, 0.15) is 11.5 Å². The standard InChI is InChI=1S/C24H18O4/c25-17-8-4-13-6-10-19(27)23(21(13)17)15-2-1-3-16(12-15)24-20(28)11-7-14-5-9-18(26)22(14)24/h1-3,6-7,10-12,27-28H,4-5,8-9H2. The molecule has 0 heterocycles. The Kier molecular flexibility index (Phi) is 3.63. The molecule has 0 bridgehead atoms. The first kappa shape index (κ1) is 16.8. The molecule has 3 aromatic rings. The van der Waals surface area contributed by atoms with Gasteiger partial charge in [-0.1, -0.05) is 30.3 Å². The largest absolute Gasteiger partial charge is 0.507 e. The molecule has 2 N–H and O–H groups in total. The van der Waals surface area contributed by atoms with Gasteiger partial charge in [-0.25, -0.2) is 0 Å². The van der Waals surface area contributed by atoms with Gasteiger partial charge in [0.25, 0.3) is 0 Å². The number of aryl methyl sites for hydroxylation is 2. The van der Waals surface area contributed by atoms with E-state index in [-0.39, 0.29) is 23.1 Å². The van der Waals surface area contributed by atoms with Crippen molar-refractivity contribution in [1.82, 2.24) is 0 Å². The Bertz CT molecular complexity index is 1080. The van der Waals surface area contributed by atoms with Crippen molar-refractivity contribution in [3.05, 3.63) is 70.8 Å². The summed E-state index contributed by atoms with van der Waals surface area (Å²) in [7, 11) is 0. The number of benzene rings is 3. The maximum Gasteiger partial charge on any atom is 0.164 e. The average molecular weight is 370 g/mol. The van der Waals surface area contributed by atoms with E-state index in [0.29, 0.717) is 59.1 Å². The van der Waals surface area contributed by atoms with Crippen LogP contribution in [0.5, 0.6) is 11.5 Å². The molecule has 0 unspecified atom stereocenters. The third-order valence-electron chi connectivity index (χ3n) is 5.78. The monoisotopic (exact) mass is 370 g/mol. The Balaban J connectivity index is 1.73. The molecule has 0 aromatic heterocycles. The molecule has 2 aliphatic rings. The lowest BCUT2D eigenvalue weighted by Crippen LogP contribution is -1.98. The van der Waals surface area contributed by atoms with Crippen molar-refractivity contribution < 1.29 is 19.8 Å². The number of aromatic hydroxyl groups is 2. The second-order valence-electron chi connectivity index (χ2n) is 7.41. The molecular formula is C24H18O4. The second-order valence-corrected chi connectivity index (χ2v) is 7.41. The minimum atomic E-state index is 0.0323. The third kappa shape index (κ3) is 2.38. The van der Waals surface area contributed by atoms with Crippen molar-refractivity contribution in [2.24, 2.45) is 0 Å². The van der Waals surface area contributed by atoms with Crippen LogP contribution in [-0.2, 0) is 12.8 Å². The van der Waals surface area contributed by atoms with Gasteiger partial charge >= 0.3 is 0 Å². The molecule has 0 aliphatic heterocycles. The van der Waals surface area contributed by atoms with E-state index in [4.69, 9.17) is 0 Å². The minimum absolute atomic E-state index is 0.0323. The van der Waals surface area contributed by atoms with Gasteiger partial charge in [-0.15, -0.1) is 0 Å². The fourth-order valence-electron chi connectivity index (χ4n) is 4.48. The summed E-state index contributed by atoms with van der Waals surface area (Å²) in [6.45, 7) is 0. The molecule has 4 nitrogen and oxygen atoms in total. The van der Waals surface area contributed by atoms with Gasteiger partial charge in [0.15, 0.2) is 11.6 Å². The van der Waals surface area contributed by atoms with Gasteiger partial charge in [0, 0.05) is 35.1 Å². The average Bonchev–Trinajstić information content (AvgIpc) is 3.25. The molecular weight excluding hydrogens is 352 g/mol. The Hall–Kier alpha value is -3.40. The number of rotatable bonds is 2. The molecule has 0 fully saturated rings. The van der Waals surface area contributed by atoms with Crippen molar-refractivity contribution in [2.45, 2.75) is 25.7 Å². The SMILES string of the molecule is O=C1CCc2ccc(O)c(-c3cccc(-c4c(O)ccc5c4C(=O)CC5)c3)c21. The predicted molar refractivity (Wildman–Crippen MR) is 106 cm³/mol. The maximum absolute atomic E-state index is 12.4. The van der Waals surface area contributed by atoms with E-state index in [0.717, 1.165) is 11.1 Å². The fourth-order valence-corrected chi connectivity index (χ4v) is 4.48. The molecule has 3 aromatic carbocycles. The smallest absolute Gasteiger partial charge is 0.164 e. The third-order valence-corrected chi connectivity index (χ3v) is 5.78. The van der Waals surface area contributed by atoms with Gasteiger partial charge in [0.05, 0.1) is 0 Å². The second kappa shape index (κ2) is 6.06. The first-order valence-electron chi connectivity index (χ1n) is 9.41. The zero-order valence-corrected chi connectivity index (χ0v) is 15.2. The molecule has 0 radical (unpaired) electrons. The fraction of sp³-hybridized carbons (Fsp3) is 0.167. The molecule has 28 heavy (non-hydrogen) atoms. The van der Waals surface area contributed by atoms with Crippen LogP contribution in [0.3, 0.4) is 0 Å². The highest BCUT2D eigenvalue weighted by molar-refractivity contribution is 6.09. The summed E-state index contributed by atoms with van der Waals surface area (Å²) < 4.78 is 0. The molecule has 5 rings (SSSR count). The Morgan fingerprint density at radius 2 is 1.04 bits per heavy atom. The number of hydrogen-bond donors (Lipinski definition) is 2. The molecule has 2 aliphatic carbocycles. The van der Waals surface area contributed by atoms with Crippen LogP contribution in [0.15, 0.2) is 48.5 Å². The topological polar surface area (TPSA) is 74.6 Å². The van der Waals surface area contributed by atoms with Crippen LogP contribution in [-0.4, -0.2) is 21.8 Å². The van der Waals surface area contributed by atoms with E-state index in [1.54, 1.807) is 24.3 Å². The van der Waals surface area contributed by atoms with Crippen LogP contribution < -0.4 is 0 Å². The van der Waals surface area contributed by atoms with E-state index < -0.39 is 0 Å². The number of phenols is 2. The highest BCUT2D eigenvalue weighted by Crippen LogP contribution is 2.43. The summed E-state index contributed by atoms with van der Waals surface area (Å²) in [6, 6.07) is 14.2. The summed E-state index contributed by atoms with van der Waals surface area (Å²) >= 11 is 0. The lowest BCUT2D eigenvalue weighted by Gasteiger charge is -2.14. The maximum atomic E-state index is 12.4. The van der Waals surface area contributed by atoms with Crippen molar-refractivity contribution in [3.63, 3.8) is 0 Å². The zero-order chi connectivity index (χ0) is 19.4. The number of carbonyl (C=O) groups excluding carboxylic acids is 2. The first-order chi connectivity index (χ1) is 13.5. The van der Waals surface area contributed by atoms with Gasteiger partial charge in [0.2, 0.25) is 0 Å². The number of phenolic OH excluding ortho intramolecular Hbond substituents is 2. The van der Waals surface area contributed by atoms with Crippen LogP contribution in [0.4, 0.5) is 0 Å². The summed E-state index contributed by atoms with van der Waals surface area (Å²) in [5, 5.41) is 21.0. The highest BCUT2D eigenvalue weighted by Gasteiger charge is 2.28. The first-order valence-corrected chi connectivity index (χ1v) is 9.41. The molecule has 0 amide bonds. The Labute approximate surface area is 162 Å². The number of hydrogen-bond acceptors (Lipinski definition) is 4. The summed E-state index contributed by atoms with van der Waals surface area (Å²) in [6.07, 6.45) is 2.27. The molecule has 0 atom stereocenters. The van der Waals surface area contributed by atoms with Crippen LogP contribution in [0.25, 0.3) is 22.3 Å². The van der Waals surface area contributed by atoms with Crippen LogP contribution in [0, 0.1) is 0 Å². The lowest BCUT2D eigenvalue weighted by atomic mass is 9.90. The van der Waals surface area contributed by atoms with Crippen molar-refractivity contribution in [1.29, 1.82) is 0 Å². The Morgan fingerprint density at radius 3 is 1.50 bits per heavy atom. The summed E-state index contributed by atoms with van der Waals surface area (Å²) in [5.74, 6) is 0.185. The minimum Gasteiger partial charge on any atom is -0.507 e. The molecule has 0 saturated carbocycles. The Morgan fingerprint density at radius 1 is 0.571 bits per heavy atom. The number of Topliss-reactive ketones (excluding diaryl/α,β-unsaturated/α-hetero) is 2. The van der Waals surface area contributed by atoms with E-state index in [9.17, 15) is 19.8 Å². The lowest BCUT2D eigenvalue weighted by molar-refractivity contribution is 0.0987. The summed E-state index contributed by atoms with van der Waals surface area (Å²) in [4.78, 5) is 24.8. The van der Waals surface area contributed by atoms with E-state index >= 15 is 0 Å². The van der Waals surface area contributed by atoms with Crippen molar-refractivity contribution in [2.75, 3.05) is 0 Å². The van der Waals surface area contributed by atoms with Gasteiger partial charge in [-0.2, -0.15) is 0 Å². The zero-order valence-electron chi connectivity index (χ0n) is 15.2. The predicted octanol–water partition coefficient (Wildman–Crippen LogP) is 4.69. The van der Waals surface area contributed by atoms with E-state index in [1.165, 1.54) is 0 Å². The molecule has 4 heteroatoms. The normalized spacial score (nSPS) is 15.0. The molecule has 0 spiro atoms. The van der Waals surface area contributed by atoms with E-state index in [1.807, 2.05) is 24.3 Å². The quantitative estimate of drug-likeness (QED) is 0.686. The summed E-state index contributed by atoms with van der Waals surface area (Å²) in [5.41, 5.74) is 5.50. The van der Waals surface area contributed by atoms with Gasteiger partial charge in [-0.05, 0) is 53.3 Å². The highest BCUT2D eigenvalue weighted by atomic mass is 16.3. The molecule has 138 valence electrons. The van der Waals surface area contributed by atoms with Crippen molar-refractivity contribution in [3.8, 4) is 33.8 Å². The number of ketones is 2. The van der Waals surface area contributed by atoms with Crippen molar-refractivity contribution >= 4 is 11.6 Å². The van der Waals surface area contributed by atoms with Gasteiger partial charge < -0.3 is 10.2 Å². The van der Waals surface area contributed by atoms with E-state index in [2.05, 4.69) is 0 Å². The number of fused-ring (bicyclic) bond motifs is 2. The number of carbonyl (C=O) groups is 2. The van der Waals surface area contributed by atoms with Gasteiger partial charge in [-0.3, -0.25) is 9.59 Å². The van der Waals surface area contributed by atoms with Crippen LogP contribution in [0.2, 0.25) is 0 Å². The van der Waals surface area contributed by atoms with Crippen LogP contribution >= 0.6 is 0 Å². The molecule has 0 saturated heterocycles.